The number of nitrogens with zero attached hydrogens (tertiary/aromatic N) is 1. The topological polar surface area (TPSA) is 39.2 Å². The van der Waals surface area contributed by atoms with Gasteiger partial charge < -0.3 is 4.74 Å². The fourth-order valence-corrected chi connectivity index (χ4v) is 7.97. The molecule has 1 aromatic heterocycles. The van der Waals surface area contributed by atoms with Gasteiger partial charge in [-0.25, -0.2) is 4.79 Å². The third kappa shape index (κ3) is 2.65. The maximum Gasteiger partial charge on any atom is 0.341 e. The smallest absolute Gasteiger partial charge is 0.341 e. The number of pyridine rings is 1. The van der Waals surface area contributed by atoms with Crippen LogP contribution in [0.5, 0.6) is 0 Å². The lowest BCUT2D eigenvalue weighted by Gasteiger charge is -2.60. The van der Waals surface area contributed by atoms with E-state index in [0.29, 0.717) is 22.8 Å². The van der Waals surface area contributed by atoms with E-state index in [1.54, 1.807) is 24.5 Å². The summed E-state index contributed by atoms with van der Waals surface area (Å²) in [7, 11) is 0. The average molecular weight is 404 g/mol. The van der Waals surface area contributed by atoms with Crippen molar-refractivity contribution in [1.29, 1.82) is 0 Å². The van der Waals surface area contributed by atoms with Crippen molar-refractivity contribution in [2.45, 2.75) is 70.8 Å². The van der Waals surface area contributed by atoms with Gasteiger partial charge in [0.25, 0.3) is 0 Å². The van der Waals surface area contributed by atoms with Gasteiger partial charge in [0.15, 0.2) is 5.60 Å². The second-order valence-electron chi connectivity index (χ2n) is 10.7. The number of ether oxygens (including phenoxy) is 1. The first-order valence-electron chi connectivity index (χ1n) is 11.7. The Morgan fingerprint density at radius 3 is 2.77 bits per heavy atom. The van der Waals surface area contributed by atoms with Gasteiger partial charge in [-0.2, -0.15) is 0 Å². The molecule has 3 nitrogen and oxygen atoms in total. The molecule has 0 radical (unpaired) electrons. The molecule has 5 rings (SSSR count). The molecule has 7 atom stereocenters. The standard InChI is InChI=1S/C27H33NO2/c1-4-27(30-24(29)19-8-7-17-28-18-19)16-13-23-21-11-10-20-9-5-6-14-25(20,2)22(21)12-15-26(23,27)3/h1,5-8,17-18,20-23H,9-16H2,2-3H3/t20-,21-,22+,23+,25+,26+,27?/m1/s1. The van der Waals surface area contributed by atoms with Gasteiger partial charge in [0, 0.05) is 17.8 Å². The minimum atomic E-state index is -0.806. The summed E-state index contributed by atoms with van der Waals surface area (Å²) in [5.41, 5.74) is -0.0454. The summed E-state index contributed by atoms with van der Waals surface area (Å²) in [5, 5.41) is 0. The number of carbonyl (C=O) groups excluding carboxylic acids is 1. The molecule has 0 aliphatic heterocycles. The zero-order valence-electron chi connectivity index (χ0n) is 18.3. The Bertz CT molecular complexity index is 901. The number of fused-ring (bicyclic) bond motifs is 5. The van der Waals surface area contributed by atoms with Gasteiger partial charge >= 0.3 is 5.97 Å². The van der Waals surface area contributed by atoms with Gasteiger partial charge in [-0.3, -0.25) is 4.98 Å². The first-order chi connectivity index (χ1) is 14.4. The van der Waals surface area contributed by atoms with Crippen molar-refractivity contribution in [3.63, 3.8) is 0 Å². The number of hydrogen-bond acceptors (Lipinski definition) is 3. The summed E-state index contributed by atoms with van der Waals surface area (Å²) >= 11 is 0. The minimum absolute atomic E-state index is 0.144. The van der Waals surface area contributed by atoms with Crippen LogP contribution >= 0.6 is 0 Å². The number of hydrogen-bond donors (Lipinski definition) is 0. The van der Waals surface area contributed by atoms with E-state index in [1.807, 2.05) is 0 Å². The highest BCUT2D eigenvalue weighted by atomic mass is 16.6. The molecule has 1 unspecified atom stereocenters. The summed E-state index contributed by atoms with van der Waals surface area (Å²) in [6, 6.07) is 3.52. The Hall–Kier alpha value is -2.08. The first kappa shape index (κ1) is 19.9. The van der Waals surface area contributed by atoms with Crippen molar-refractivity contribution < 1.29 is 9.53 Å². The van der Waals surface area contributed by atoms with Crippen molar-refractivity contribution in [2.75, 3.05) is 0 Å². The Labute approximate surface area is 180 Å². The van der Waals surface area contributed by atoms with Crippen LogP contribution in [-0.2, 0) is 4.74 Å². The number of carbonyl (C=O) groups is 1. The molecule has 0 amide bonds. The first-order valence-corrected chi connectivity index (χ1v) is 11.7. The Kier molecular flexibility index (Phi) is 4.62. The highest BCUT2D eigenvalue weighted by Gasteiger charge is 2.66. The van der Waals surface area contributed by atoms with Gasteiger partial charge in [-0.05, 0) is 92.6 Å². The van der Waals surface area contributed by atoms with Crippen LogP contribution in [0.1, 0.15) is 75.6 Å². The van der Waals surface area contributed by atoms with Crippen LogP contribution in [0.25, 0.3) is 0 Å². The summed E-state index contributed by atoms with van der Waals surface area (Å²) in [4.78, 5) is 17.0. The van der Waals surface area contributed by atoms with E-state index in [4.69, 9.17) is 11.2 Å². The van der Waals surface area contributed by atoms with E-state index in [9.17, 15) is 4.79 Å². The molecule has 3 fully saturated rings. The monoisotopic (exact) mass is 403 g/mol. The van der Waals surface area contributed by atoms with Crippen LogP contribution in [0.2, 0.25) is 0 Å². The quantitative estimate of drug-likeness (QED) is 0.355. The third-order valence-corrected chi connectivity index (χ3v) is 9.73. The van der Waals surface area contributed by atoms with Crippen LogP contribution < -0.4 is 0 Å². The van der Waals surface area contributed by atoms with E-state index < -0.39 is 5.60 Å². The lowest BCUT2D eigenvalue weighted by atomic mass is 9.45. The molecular weight excluding hydrogens is 370 g/mol. The Morgan fingerprint density at radius 2 is 2.00 bits per heavy atom. The van der Waals surface area contributed by atoms with Crippen molar-refractivity contribution in [3.8, 4) is 12.3 Å². The number of terminal acetylenes is 1. The largest absolute Gasteiger partial charge is 0.442 e. The molecule has 0 N–H and O–H groups in total. The molecule has 30 heavy (non-hydrogen) atoms. The zero-order chi connectivity index (χ0) is 21.0. The Morgan fingerprint density at radius 1 is 1.17 bits per heavy atom. The fraction of sp³-hybridized carbons (Fsp3) is 0.630. The average Bonchev–Trinajstić information content (AvgIpc) is 3.06. The van der Waals surface area contributed by atoms with Crippen molar-refractivity contribution >= 4 is 5.97 Å². The summed E-state index contributed by atoms with van der Waals surface area (Å²) in [6.45, 7) is 4.86. The fourth-order valence-electron chi connectivity index (χ4n) is 7.97. The highest BCUT2D eigenvalue weighted by Crippen LogP contribution is 2.68. The van der Waals surface area contributed by atoms with Crippen LogP contribution in [0.3, 0.4) is 0 Å². The molecule has 4 aliphatic rings. The molecule has 3 saturated carbocycles. The predicted octanol–water partition coefficient (Wildman–Crippen LogP) is 5.82. The lowest BCUT2D eigenvalue weighted by molar-refractivity contribution is -0.129. The van der Waals surface area contributed by atoms with E-state index in [0.717, 1.165) is 31.1 Å². The number of allylic oxidation sites excluding steroid dienone is 2. The molecule has 0 bridgehead atoms. The molecule has 1 heterocycles. The second kappa shape index (κ2) is 6.98. The van der Waals surface area contributed by atoms with Crippen LogP contribution in [0.4, 0.5) is 0 Å². The van der Waals surface area contributed by atoms with Crippen LogP contribution in [-0.4, -0.2) is 16.6 Å². The molecule has 0 spiro atoms. The molecule has 0 aromatic carbocycles. The molecule has 4 aliphatic carbocycles. The molecule has 158 valence electrons. The van der Waals surface area contributed by atoms with Gasteiger partial charge in [0.1, 0.15) is 0 Å². The summed E-state index contributed by atoms with van der Waals surface area (Å²) in [6.07, 6.45) is 23.4. The van der Waals surface area contributed by atoms with Gasteiger partial charge in [0.05, 0.1) is 5.56 Å². The van der Waals surface area contributed by atoms with Gasteiger partial charge in [-0.15, -0.1) is 6.42 Å². The van der Waals surface area contributed by atoms with Gasteiger partial charge in [0.2, 0.25) is 0 Å². The van der Waals surface area contributed by atoms with Crippen molar-refractivity contribution in [2.24, 2.45) is 34.5 Å². The van der Waals surface area contributed by atoms with E-state index in [-0.39, 0.29) is 11.4 Å². The molecule has 0 saturated heterocycles. The third-order valence-electron chi connectivity index (χ3n) is 9.73. The number of rotatable bonds is 2. The molecule has 3 heteroatoms. The highest BCUT2D eigenvalue weighted by molar-refractivity contribution is 5.89. The summed E-state index contributed by atoms with van der Waals surface area (Å²) in [5.74, 6) is 5.50. The maximum absolute atomic E-state index is 12.9. The molecular formula is C27H33NO2. The van der Waals surface area contributed by atoms with Crippen LogP contribution in [0.15, 0.2) is 36.7 Å². The number of aromatic nitrogens is 1. The van der Waals surface area contributed by atoms with E-state index >= 15 is 0 Å². The normalized spacial score (nSPS) is 44.3. The van der Waals surface area contributed by atoms with Crippen molar-refractivity contribution in [3.05, 3.63) is 42.2 Å². The summed E-state index contributed by atoms with van der Waals surface area (Å²) < 4.78 is 6.19. The van der Waals surface area contributed by atoms with Crippen LogP contribution in [0, 0.1) is 46.8 Å². The SMILES string of the molecule is C#CC1(OC(=O)c2cccnc2)CC[C@H]2[C@@H]3CC[C@H]4CC=CC[C@]4(C)[C@H]3CC[C@@]21C. The van der Waals surface area contributed by atoms with Gasteiger partial charge in [-0.1, -0.05) is 31.9 Å². The van der Waals surface area contributed by atoms with E-state index in [2.05, 4.69) is 36.9 Å². The maximum atomic E-state index is 12.9. The van der Waals surface area contributed by atoms with E-state index in [1.165, 1.54) is 32.1 Å². The zero-order valence-corrected chi connectivity index (χ0v) is 18.3. The minimum Gasteiger partial charge on any atom is -0.442 e. The Balaban J connectivity index is 1.44. The predicted molar refractivity (Wildman–Crippen MR) is 117 cm³/mol. The lowest BCUT2D eigenvalue weighted by Crippen LogP contribution is -2.56. The van der Waals surface area contributed by atoms with Crippen molar-refractivity contribution in [1.82, 2.24) is 4.98 Å². The molecule has 1 aromatic rings. The second-order valence-corrected chi connectivity index (χ2v) is 10.7. The number of esters is 1.